The van der Waals surface area contributed by atoms with Gasteiger partial charge in [0.05, 0.1) is 5.92 Å². The van der Waals surface area contributed by atoms with Crippen LogP contribution in [0.3, 0.4) is 0 Å². The van der Waals surface area contributed by atoms with Crippen LogP contribution in [0.2, 0.25) is 5.02 Å². The molecule has 0 unspecified atom stereocenters. The van der Waals surface area contributed by atoms with Crippen molar-refractivity contribution in [2.24, 2.45) is 5.92 Å². The highest BCUT2D eigenvalue weighted by Gasteiger charge is 2.35. The van der Waals surface area contributed by atoms with Crippen molar-refractivity contribution < 1.29 is 14.7 Å². The van der Waals surface area contributed by atoms with Gasteiger partial charge in [-0.15, -0.1) is 0 Å². The number of benzene rings is 1. The fourth-order valence-corrected chi connectivity index (χ4v) is 2.50. The number of carboxylic acids is 1. The Morgan fingerprint density at radius 2 is 1.94 bits per heavy atom. The average Bonchev–Trinajstić information content (AvgIpc) is 2.30. The first kappa shape index (κ1) is 12.1. The maximum Gasteiger partial charge on any atom is 0.307 e. The minimum atomic E-state index is -0.891. The quantitative estimate of drug-likeness (QED) is 0.881. The van der Waals surface area contributed by atoms with Crippen LogP contribution in [-0.4, -0.2) is 16.9 Å². The summed E-state index contributed by atoms with van der Waals surface area (Å²) in [5.74, 6) is -1.53. The number of carbonyl (C=O) groups is 2. The predicted octanol–water partition coefficient (Wildman–Crippen LogP) is 2.88. The van der Waals surface area contributed by atoms with Crippen molar-refractivity contribution in [2.45, 2.75) is 25.2 Å². The van der Waals surface area contributed by atoms with E-state index in [1.54, 1.807) is 12.1 Å². The highest BCUT2D eigenvalue weighted by Crippen LogP contribution is 2.36. The van der Waals surface area contributed by atoms with E-state index in [1.165, 1.54) is 0 Å². The number of ketones is 1. The van der Waals surface area contributed by atoms with Crippen LogP contribution in [0.15, 0.2) is 24.3 Å². The molecule has 0 spiro atoms. The predicted molar refractivity (Wildman–Crippen MR) is 64.2 cm³/mol. The van der Waals surface area contributed by atoms with Gasteiger partial charge in [0.1, 0.15) is 5.78 Å². The molecule has 2 rings (SSSR count). The molecule has 1 N–H and O–H groups in total. The Kier molecular flexibility index (Phi) is 3.48. The SMILES string of the molecule is O=C1CC[C@H](c2ccc(Cl)cc2)[C@@H](C(=O)O)C1. The third-order valence-corrected chi connectivity index (χ3v) is 3.53. The molecule has 1 aliphatic rings. The van der Waals surface area contributed by atoms with Crippen LogP contribution >= 0.6 is 11.6 Å². The molecule has 0 amide bonds. The number of Topliss-reactive ketones (excluding diaryl/α,β-unsaturated/α-hetero) is 1. The van der Waals surface area contributed by atoms with E-state index in [4.69, 9.17) is 16.7 Å². The second kappa shape index (κ2) is 4.88. The van der Waals surface area contributed by atoms with Gasteiger partial charge in [-0.3, -0.25) is 9.59 Å². The fraction of sp³-hybridized carbons (Fsp3) is 0.385. The van der Waals surface area contributed by atoms with E-state index in [0.717, 1.165) is 5.56 Å². The largest absolute Gasteiger partial charge is 0.481 e. The van der Waals surface area contributed by atoms with Crippen molar-refractivity contribution in [3.63, 3.8) is 0 Å². The Hall–Kier alpha value is -1.35. The van der Waals surface area contributed by atoms with E-state index in [2.05, 4.69) is 0 Å². The van der Waals surface area contributed by atoms with Crippen LogP contribution < -0.4 is 0 Å². The van der Waals surface area contributed by atoms with Crippen molar-refractivity contribution in [1.82, 2.24) is 0 Å². The zero-order chi connectivity index (χ0) is 12.4. The Morgan fingerprint density at radius 3 is 2.53 bits per heavy atom. The molecule has 0 saturated heterocycles. The number of hydrogen-bond donors (Lipinski definition) is 1. The van der Waals surface area contributed by atoms with Gasteiger partial charge in [-0.05, 0) is 30.0 Å². The van der Waals surface area contributed by atoms with Gasteiger partial charge in [-0.1, -0.05) is 23.7 Å². The summed E-state index contributed by atoms with van der Waals surface area (Å²) in [6.07, 6.45) is 1.22. The number of rotatable bonds is 2. The molecule has 17 heavy (non-hydrogen) atoms. The first-order valence-electron chi connectivity index (χ1n) is 5.58. The molecule has 3 nitrogen and oxygen atoms in total. The summed E-state index contributed by atoms with van der Waals surface area (Å²) in [5, 5.41) is 9.80. The van der Waals surface area contributed by atoms with Gasteiger partial charge >= 0.3 is 5.97 Å². The Bertz CT molecular complexity index is 438. The summed E-state index contributed by atoms with van der Waals surface area (Å²) in [6.45, 7) is 0. The number of carboxylic acid groups (broad SMARTS) is 1. The molecule has 0 radical (unpaired) electrons. The summed E-state index contributed by atoms with van der Waals surface area (Å²) >= 11 is 5.80. The lowest BCUT2D eigenvalue weighted by Gasteiger charge is -2.28. The van der Waals surface area contributed by atoms with Crippen molar-refractivity contribution >= 4 is 23.4 Å². The van der Waals surface area contributed by atoms with E-state index in [1.807, 2.05) is 12.1 Å². The Labute approximate surface area is 104 Å². The average molecular weight is 253 g/mol. The molecular formula is C13H13ClO3. The molecule has 4 heteroatoms. The summed E-state index contributed by atoms with van der Waals surface area (Å²) in [7, 11) is 0. The highest BCUT2D eigenvalue weighted by atomic mass is 35.5. The Balaban J connectivity index is 2.26. The molecule has 1 fully saturated rings. The van der Waals surface area contributed by atoms with Gasteiger partial charge in [0.2, 0.25) is 0 Å². The summed E-state index contributed by atoms with van der Waals surface area (Å²) < 4.78 is 0. The summed E-state index contributed by atoms with van der Waals surface area (Å²) in [6, 6.07) is 7.20. The molecule has 2 atom stereocenters. The monoisotopic (exact) mass is 252 g/mol. The Morgan fingerprint density at radius 1 is 1.29 bits per heavy atom. The first-order chi connectivity index (χ1) is 8.08. The van der Waals surface area contributed by atoms with E-state index in [0.29, 0.717) is 17.9 Å². The maximum absolute atomic E-state index is 11.3. The van der Waals surface area contributed by atoms with Gasteiger partial charge in [0, 0.05) is 17.9 Å². The maximum atomic E-state index is 11.3. The van der Waals surface area contributed by atoms with Gasteiger partial charge < -0.3 is 5.11 Å². The lowest BCUT2D eigenvalue weighted by Crippen LogP contribution is -2.29. The van der Waals surface area contributed by atoms with Crippen LogP contribution in [0.4, 0.5) is 0 Å². The highest BCUT2D eigenvalue weighted by molar-refractivity contribution is 6.30. The molecule has 1 saturated carbocycles. The molecule has 0 aliphatic heterocycles. The lowest BCUT2D eigenvalue weighted by molar-refractivity contribution is -0.146. The smallest absolute Gasteiger partial charge is 0.307 e. The molecule has 0 heterocycles. The summed E-state index contributed by atoms with van der Waals surface area (Å²) in [4.78, 5) is 22.5. The van der Waals surface area contributed by atoms with E-state index in [-0.39, 0.29) is 18.1 Å². The van der Waals surface area contributed by atoms with Gasteiger partial charge in [-0.2, -0.15) is 0 Å². The number of halogens is 1. The summed E-state index contributed by atoms with van der Waals surface area (Å²) in [5.41, 5.74) is 0.953. The second-order valence-electron chi connectivity index (χ2n) is 4.38. The van der Waals surface area contributed by atoms with Crippen LogP contribution in [0.5, 0.6) is 0 Å². The minimum Gasteiger partial charge on any atom is -0.481 e. The van der Waals surface area contributed by atoms with Gasteiger partial charge in [0.15, 0.2) is 0 Å². The normalized spacial score (nSPS) is 24.6. The molecular weight excluding hydrogens is 240 g/mol. The third kappa shape index (κ3) is 2.67. The van der Waals surface area contributed by atoms with Crippen molar-refractivity contribution in [3.05, 3.63) is 34.9 Å². The van der Waals surface area contributed by atoms with Crippen molar-refractivity contribution in [2.75, 3.05) is 0 Å². The van der Waals surface area contributed by atoms with Crippen LogP contribution in [0, 0.1) is 5.92 Å². The molecule has 90 valence electrons. The molecule has 1 aromatic rings. The number of hydrogen-bond acceptors (Lipinski definition) is 2. The molecule has 1 aliphatic carbocycles. The van der Waals surface area contributed by atoms with Crippen LogP contribution in [0.1, 0.15) is 30.7 Å². The second-order valence-corrected chi connectivity index (χ2v) is 4.82. The topological polar surface area (TPSA) is 54.4 Å². The van der Waals surface area contributed by atoms with Gasteiger partial charge in [0.25, 0.3) is 0 Å². The lowest BCUT2D eigenvalue weighted by atomic mass is 9.75. The van der Waals surface area contributed by atoms with Crippen molar-refractivity contribution in [1.29, 1.82) is 0 Å². The third-order valence-electron chi connectivity index (χ3n) is 3.28. The van der Waals surface area contributed by atoms with Crippen LogP contribution in [-0.2, 0) is 9.59 Å². The molecule has 1 aromatic carbocycles. The van der Waals surface area contributed by atoms with Crippen molar-refractivity contribution in [3.8, 4) is 0 Å². The van der Waals surface area contributed by atoms with Gasteiger partial charge in [-0.25, -0.2) is 0 Å². The number of aliphatic carboxylic acids is 1. The van der Waals surface area contributed by atoms with E-state index < -0.39 is 11.9 Å². The number of carbonyl (C=O) groups excluding carboxylic acids is 1. The molecule has 0 bridgehead atoms. The first-order valence-corrected chi connectivity index (χ1v) is 5.95. The minimum absolute atomic E-state index is 0.0441. The van der Waals surface area contributed by atoms with E-state index in [9.17, 15) is 9.59 Å². The zero-order valence-corrected chi connectivity index (χ0v) is 9.98. The zero-order valence-electron chi connectivity index (χ0n) is 9.23. The molecule has 0 aromatic heterocycles. The fourth-order valence-electron chi connectivity index (χ4n) is 2.38. The van der Waals surface area contributed by atoms with E-state index >= 15 is 0 Å². The van der Waals surface area contributed by atoms with Crippen LogP contribution in [0.25, 0.3) is 0 Å². The standard InChI is InChI=1S/C13H13ClO3/c14-9-3-1-8(2-4-9)11-6-5-10(15)7-12(11)13(16)17/h1-4,11-12H,5-7H2,(H,16,17)/t11-,12+/m1/s1.